The van der Waals surface area contributed by atoms with Gasteiger partial charge in [-0.25, -0.2) is 0 Å². The molecule has 1 amide bonds. The molecule has 0 aliphatic rings. The van der Waals surface area contributed by atoms with Crippen molar-refractivity contribution in [2.45, 2.75) is 13.8 Å². The summed E-state index contributed by atoms with van der Waals surface area (Å²) in [6.45, 7) is 5.01. The van der Waals surface area contributed by atoms with Gasteiger partial charge < -0.3 is 4.90 Å². The van der Waals surface area contributed by atoms with Crippen molar-refractivity contribution in [2.75, 3.05) is 13.6 Å². The molecule has 1 aromatic carbocycles. The van der Waals surface area contributed by atoms with Crippen LogP contribution in [0.15, 0.2) is 24.3 Å². The fraction of sp³-hybridized carbons (Fsp3) is 0.417. The highest BCUT2D eigenvalue weighted by molar-refractivity contribution is 14.1. The number of benzene rings is 1. The van der Waals surface area contributed by atoms with Crippen molar-refractivity contribution in [2.24, 2.45) is 5.92 Å². The molecule has 0 aliphatic heterocycles. The first kappa shape index (κ1) is 12.5. The zero-order chi connectivity index (χ0) is 11.4. The van der Waals surface area contributed by atoms with E-state index in [-0.39, 0.29) is 5.91 Å². The fourth-order valence-corrected chi connectivity index (χ4v) is 1.80. The van der Waals surface area contributed by atoms with E-state index in [0.29, 0.717) is 5.92 Å². The number of carbonyl (C=O) groups excluding carboxylic acids is 1. The SMILES string of the molecule is CC(C)CN(C)C(=O)c1ccc(I)cc1. The van der Waals surface area contributed by atoms with Gasteiger partial charge in [0.2, 0.25) is 0 Å². The van der Waals surface area contributed by atoms with E-state index in [4.69, 9.17) is 0 Å². The summed E-state index contributed by atoms with van der Waals surface area (Å²) in [4.78, 5) is 13.7. The molecule has 0 spiro atoms. The first-order valence-corrected chi connectivity index (χ1v) is 6.09. The van der Waals surface area contributed by atoms with Crippen LogP contribution >= 0.6 is 22.6 Å². The van der Waals surface area contributed by atoms with Gasteiger partial charge in [-0.3, -0.25) is 4.79 Å². The Kier molecular flexibility index (Phi) is 4.57. The lowest BCUT2D eigenvalue weighted by Gasteiger charge is -2.19. The monoisotopic (exact) mass is 317 g/mol. The lowest BCUT2D eigenvalue weighted by Crippen LogP contribution is -2.30. The molecular formula is C12H16INO. The van der Waals surface area contributed by atoms with Crippen molar-refractivity contribution in [3.63, 3.8) is 0 Å². The first-order chi connectivity index (χ1) is 7.00. The van der Waals surface area contributed by atoms with E-state index < -0.39 is 0 Å². The van der Waals surface area contributed by atoms with Crippen LogP contribution < -0.4 is 0 Å². The van der Waals surface area contributed by atoms with Gasteiger partial charge in [-0.2, -0.15) is 0 Å². The van der Waals surface area contributed by atoms with Gasteiger partial charge >= 0.3 is 0 Å². The van der Waals surface area contributed by atoms with Gasteiger partial charge in [0, 0.05) is 22.7 Å². The van der Waals surface area contributed by atoms with Gasteiger partial charge in [-0.1, -0.05) is 13.8 Å². The van der Waals surface area contributed by atoms with Crippen molar-refractivity contribution in [1.29, 1.82) is 0 Å². The third-order valence-electron chi connectivity index (χ3n) is 2.08. The number of amides is 1. The van der Waals surface area contributed by atoms with Crippen LogP contribution in [0.1, 0.15) is 24.2 Å². The fourth-order valence-electron chi connectivity index (χ4n) is 1.44. The number of carbonyl (C=O) groups is 1. The summed E-state index contributed by atoms with van der Waals surface area (Å²) in [5.41, 5.74) is 0.763. The van der Waals surface area contributed by atoms with Crippen LogP contribution in [-0.2, 0) is 0 Å². The molecule has 0 heterocycles. The average molecular weight is 317 g/mol. The summed E-state index contributed by atoms with van der Waals surface area (Å²) in [7, 11) is 1.85. The standard InChI is InChI=1S/C12H16INO/c1-9(2)8-14(3)12(15)10-4-6-11(13)7-5-10/h4-7,9H,8H2,1-3H3. The van der Waals surface area contributed by atoms with Gasteiger partial charge in [0.25, 0.3) is 5.91 Å². The highest BCUT2D eigenvalue weighted by Gasteiger charge is 2.11. The van der Waals surface area contributed by atoms with Crippen molar-refractivity contribution in [3.05, 3.63) is 33.4 Å². The Morgan fingerprint density at radius 2 is 1.87 bits per heavy atom. The second-order valence-electron chi connectivity index (χ2n) is 4.09. The third-order valence-corrected chi connectivity index (χ3v) is 2.80. The van der Waals surface area contributed by atoms with E-state index in [1.54, 1.807) is 4.90 Å². The van der Waals surface area contributed by atoms with Gasteiger partial charge in [0.05, 0.1) is 0 Å². The summed E-state index contributed by atoms with van der Waals surface area (Å²) in [6.07, 6.45) is 0. The molecule has 15 heavy (non-hydrogen) atoms. The van der Waals surface area contributed by atoms with Gasteiger partial charge in [0.15, 0.2) is 0 Å². The highest BCUT2D eigenvalue weighted by Crippen LogP contribution is 2.09. The lowest BCUT2D eigenvalue weighted by atomic mass is 10.1. The molecule has 0 aromatic heterocycles. The Morgan fingerprint density at radius 3 is 2.33 bits per heavy atom. The minimum absolute atomic E-state index is 0.0973. The largest absolute Gasteiger partial charge is 0.341 e. The average Bonchev–Trinajstić information content (AvgIpc) is 2.17. The molecule has 0 bridgehead atoms. The van der Waals surface area contributed by atoms with Crippen LogP contribution in [0.2, 0.25) is 0 Å². The lowest BCUT2D eigenvalue weighted by molar-refractivity contribution is 0.0779. The van der Waals surface area contributed by atoms with Crippen molar-refractivity contribution in [3.8, 4) is 0 Å². The summed E-state index contributed by atoms with van der Waals surface area (Å²) < 4.78 is 1.15. The second kappa shape index (κ2) is 5.49. The predicted molar refractivity (Wildman–Crippen MR) is 71.0 cm³/mol. The Labute approximate surface area is 105 Å². The van der Waals surface area contributed by atoms with Crippen molar-refractivity contribution < 1.29 is 4.79 Å². The van der Waals surface area contributed by atoms with Crippen molar-refractivity contribution >= 4 is 28.5 Å². The van der Waals surface area contributed by atoms with Gasteiger partial charge in [-0.05, 0) is 52.8 Å². The quantitative estimate of drug-likeness (QED) is 0.785. The molecule has 0 radical (unpaired) electrons. The van der Waals surface area contributed by atoms with E-state index in [2.05, 4.69) is 36.4 Å². The summed E-state index contributed by atoms with van der Waals surface area (Å²) >= 11 is 2.23. The Bertz CT molecular complexity index is 332. The van der Waals surface area contributed by atoms with Crippen LogP contribution in [-0.4, -0.2) is 24.4 Å². The maximum atomic E-state index is 11.9. The maximum Gasteiger partial charge on any atom is 0.253 e. The minimum atomic E-state index is 0.0973. The molecule has 0 saturated carbocycles. The van der Waals surface area contributed by atoms with Crippen LogP contribution in [0.3, 0.4) is 0 Å². The molecule has 0 atom stereocenters. The molecular weight excluding hydrogens is 301 g/mol. The minimum Gasteiger partial charge on any atom is -0.341 e. The van der Waals surface area contributed by atoms with Crippen LogP contribution in [0.5, 0.6) is 0 Å². The van der Waals surface area contributed by atoms with Gasteiger partial charge in [0.1, 0.15) is 0 Å². The molecule has 3 heteroatoms. The number of hydrogen-bond acceptors (Lipinski definition) is 1. The molecule has 1 aromatic rings. The van der Waals surface area contributed by atoms with Crippen LogP contribution in [0.4, 0.5) is 0 Å². The predicted octanol–water partition coefficient (Wildman–Crippen LogP) is 3.02. The first-order valence-electron chi connectivity index (χ1n) is 5.01. The Morgan fingerprint density at radius 1 is 1.33 bits per heavy atom. The molecule has 1 rings (SSSR count). The Balaban J connectivity index is 2.72. The van der Waals surface area contributed by atoms with E-state index in [1.807, 2.05) is 31.3 Å². The number of halogens is 1. The molecule has 0 fully saturated rings. The van der Waals surface area contributed by atoms with E-state index >= 15 is 0 Å². The van der Waals surface area contributed by atoms with Crippen LogP contribution in [0, 0.1) is 9.49 Å². The van der Waals surface area contributed by atoms with E-state index in [0.717, 1.165) is 15.7 Å². The smallest absolute Gasteiger partial charge is 0.253 e. The zero-order valence-electron chi connectivity index (χ0n) is 9.33. The molecule has 0 aliphatic carbocycles. The maximum absolute atomic E-state index is 11.9. The molecule has 0 saturated heterocycles. The van der Waals surface area contributed by atoms with E-state index in [9.17, 15) is 4.79 Å². The summed E-state index contributed by atoms with van der Waals surface area (Å²) in [6, 6.07) is 7.66. The molecule has 0 N–H and O–H groups in total. The summed E-state index contributed by atoms with van der Waals surface area (Å²) in [5.74, 6) is 0.600. The van der Waals surface area contributed by atoms with Gasteiger partial charge in [-0.15, -0.1) is 0 Å². The van der Waals surface area contributed by atoms with E-state index in [1.165, 1.54) is 0 Å². The summed E-state index contributed by atoms with van der Waals surface area (Å²) in [5, 5.41) is 0. The highest BCUT2D eigenvalue weighted by atomic mass is 127. The molecule has 0 unspecified atom stereocenters. The zero-order valence-corrected chi connectivity index (χ0v) is 11.5. The van der Waals surface area contributed by atoms with Crippen LogP contribution in [0.25, 0.3) is 0 Å². The second-order valence-corrected chi connectivity index (χ2v) is 5.33. The van der Waals surface area contributed by atoms with Crippen molar-refractivity contribution in [1.82, 2.24) is 4.90 Å². The number of nitrogens with zero attached hydrogens (tertiary/aromatic N) is 1. The normalized spacial score (nSPS) is 10.5. The molecule has 2 nitrogen and oxygen atoms in total. The Hall–Kier alpha value is -0.580. The third kappa shape index (κ3) is 3.81. The number of hydrogen-bond donors (Lipinski definition) is 0. The molecule has 82 valence electrons. The topological polar surface area (TPSA) is 20.3 Å². The number of rotatable bonds is 3.